The number of hydrogen-bond donors (Lipinski definition) is 2. The van der Waals surface area contributed by atoms with Crippen LogP contribution in [0.2, 0.25) is 0 Å². The zero-order valence-electron chi connectivity index (χ0n) is 14.6. The molecule has 0 radical (unpaired) electrons. The Kier molecular flexibility index (Phi) is 5.66. The monoisotopic (exact) mass is 384 g/mol. The van der Waals surface area contributed by atoms with E-state index in [9.17, 15) is 13.9 Å². The molecular weight excluding hydrogens is 366 g/mol. The summed E-state index contributed by atoms with van der Waals surface area (Å²) in [6.45, 7) is 1.94. The molecule has 3 rings (SSSR count). The van der Waals surface area contributed by atoms with Crippen LogP contribution in [0.1, 0.15) is 11.1 Å². The standard InChI is InChI=1S/C21H18F2N2OS/c1-14-6-9-17(12-19(14)23)24-21(27)25(18-10-7-16(22)8-11-18)13-15-4-2-3-5-20(15)26/h2-12,26H,13H2,1H3,(H,24,27). The number of anilines is 2. The highest BCUT2D eigenvalue weighted by Gasteiger charge is 2.15. The van der Waals surface area contributed by atoms with Gasteiger partial charge in [0.15, 0.2) is 5.11 Å². The summed E-state index contributed by atoms with van der Waals surface area (Å²) in [5.41, 5.74) is 2.34. The van der Waals surface area contributed by atoms with Crippen LogP contribution in [0, 0.1) is 18.6 Å². The molecule has 0 saturated carbocycles. The highest BCUT2D eigenvalue weighted by Crippen LogP contribution is 2.24. The Labute approximate surface area is 161 Å². The molecule has 6 heteroatoms. The number of phenolic OH excluding ortho intramolecular Hbond substituents is 1. The maximum atomic E-state index is 13.8. The zero-order chi connectivity index (χ0) is 19.4. The fraction of sp³-hybridized carbons (Fsp3) is 0.0952. The van der Waals surface area contributed by atoms with Crippen molar-refractivity contribution in [1.29, 1.82) is 0 Å². The number of hydrogen-bond acceptors (Lipinski definition) is 2. The zero-order valence-corrected chi connectivity index (χ0v) is 15.4. The van der Waals surface area contributed by atoms with Crippen LogP contribution in [0.15, 0.2) is 66.7 Å². The lowest BCUT2D eigenvalue weighted by Crippen LogP contribution is -2.34. The molecule has 0 spiro atoms. The van der Waals surface area contributed by atoms with Gasteiger partial charge in [0.2, 0.25) is 0 Å². The quantitative estimate of drug-likeness (QED) is 0.592. The van der Waals surface area contributed by atoms with E-state index in [0.29, 0.717) is 27.6 Å². The summed E-state index contributed by atoms with van der Waals surface area (Å²) in [6.07, 6.45) is 0. The molecule has 0 saturated heterocycles. The second-order valence-electron chi connectivity index (χ2n) is 6.09. The number of para-hydroxylation sites is 1. The van der Waals surface area contributed by atoms with E-state index in [2.05, 4.69) is 5.32 Å². The smallest absolute Gasteiger partial charge is 0.178 e. The lowest BCUT2D eigenvalue weighted by molar-refractivity contribution is 0.468. The number of phenols is 1. The Morgan fingerprint density at radius 3 is 2.41 bits per heavy atom. The molecule has 27 heavy (non-hydrogen) atoms. The summed E-state index contributed by atoms with van der Waals surface area (Å²) >= 11 is 5.51. The highest BCUT2D eigenvalue weighted by molar-refractivity contribution is 7.80. The predicted molar refractivity (Wildman–Crippen MR) is 108 cm³/mol. The Balaban J connectivity index is 1.90. The lowest BCUT2D eigenvalue weighted by Gasteiger charge is -2.26. The topological polar surface area (TPSA) is 35.5 Å². The van der Waals surface area contributed by atoms with Crippen molar-refractivity contribution in [2.24, 2.45) is 0 Å². The molecule has 0 aliphatic carbocycles. The molecule has 0 heterocycles. The molecule has 3 nitrogen and oxygen atoms in total. The Morgan fingerprint density at radius 2 is 1.74 bits per heavy atom. The van der Waals surface area contributed by atoms with E-state index in [1.165, 1.54) is 18.2 Å². The van der Waals surface area contributed by atoms with Crippen LogP contribution in [0.25, 0.3) is 0 Å². The van der Waals surface area contributed by atoms with Crippen LogP contribution in [-0.2, 0) is 6.54 Å². The van der Waals surface area contributed by atoms with Gasteiger partial charge in [0.25, 0.3) is 0 Å². The summed E-state index contributed by atoms with van der Waals surface area (Å²) in [6, 6.07) is 17.5. The van der Waals surface area contributed by atoms with Gasteiger partial charge in [-0.2, -0.15) is 0 Å². The SMILES string of the molecule is Cc1ccc(NC(=S)N(Cc2ccccc2O)c2ccc(F)cc2)cc1F. The van der Waals surface area contributed by atoms with E-state index in [1.807, 2.05) is 6.07 Å². The van der Waals surface area contributed by atoms with Crippen LogP contribution in [0.5, 0.6) is 5.75 Å². The molecule has 138 valence electrons. The second kappa shape index (κ2) is 8.14. The van der Waals surface area contributed by atoms with E-state index in [0.717, 1.165) is 0 Å². The molecule has 0 aliphatic rings. The second-order valence-corrected chi connectivity index (χ2v) is 6.47. The minimum Gasteiger partial charge on any atom is -0.508 e. The largest absolute Gasteiger partial charge is 0.508 e. The van der Waals surface area contributed by atoms with Crippen LogP contribution in [-0.4, -0.2) is 10.2 Å². The number of nitrogens with one attached hydrogen (secondary N) is 1. The fourth-order valence-electron chi connectivity index (χ4n) is 2.58. The molecule has 3 aromatic rings. The van der Waals surface area contributed by atoms with Gasteiger partial charge in [0.1, 0.15) is 17.4 Å². The first-order chi connectivity index (χ1) is 12.9. The Hall–Kier alpha value is -2.99. The normalized spacial score (nSPS) is 10.5. The van der Waals surface area contributed by atoms with E-state index < -0.39 is 0 Å². The highest BCUT2D eigenvalue weighted by atomic mass is 32.1. The number of rotatable bonds is 4. The van der Waals surface area contributed by atoms with Crippen molar-refractivity contribution in [2.75, 3.05) is 10.2 Å². The summed E-state index contributed by atoms with van der Waals surface area (Å²) in [7, 11) is 0. The van der Waals surface area contributed by atoms with Crippen molar-refractivity contribution in [1.82, 2.24) is 0 Å². The molecule has 0 aromatic heterocycles. The van der Waals surface area contributed by atoms with Crippen LogP contribution in [0.3, 0.4) is 0 Å². The van der Waals surface area contributed by atoms with Gasteiger partial charge in [0, 0.05) is 16.9 Å². The number of thiocarbonyl (C=S) groups is 1. The van der Waals surface area contributed by atoms with Gasteiger partial charge in [0.05, 0.1) is 6.54 Å². The van der Waals surface area contributed by atoms with Gasteiger partial charge in [-0.25, -0.2) is 8.78 Å². The summed E-state index contributed by atoms with van der Waals surface area (Å²) < 4.78 is 27.1. The lowest BCUT2D eigenvalue weighted by atomic mass is 10.1. The van der Waals surface area contributed by atoms with Crippen LogP contribution in [0.4, 0.5) is 20.2 Å². The molecule has 0 unspecified atom stereocenters. The fourth-order valence-corrected chi connectivity index (χ4v) is 2.87. The summed E-state index contributed by atoms with van der Waals surface area (Å²) in [5, 5.41) is 13.4. The van der Waals surface area contributed by atoms with Crippen LogP contribution < -0.4 is 10.2 Å². The molecule has 0 aliphatic heterocycles. The molecule has 0 atom stereocenters. The first-order valence-electron chi connectivity index (χ1n) is 8.31. The van der Waals surface area contributed by atoms with Gasteiger partial charge in [-0.3, -0.25) is 0 Å². The first-order valence-corrected chi connectivity index (χ1v) is 8.72. The van der Waals surface area contributed by atoms with Gasteiger partial charge in [-0.05, 0) is 67.2 Å². The Morgan fingerprint density at radius 1 is 1.04 bits per heavy atom. The number of benzene rings is 3. The number of nitrogens with zero attached hydrogens (tertiary/aromatic N) is 1. The minimum atomic E-state index is -0.360. The van der Waals surface area contributed by atoms with E-state index in [4.69, 9.17) is 12.2 Å². The molecule has 0 bridgehead atoms. The maximum Gasteiger partial charge on any atom is 0.178 e. The van der Waals surface area contributed by atoms with Gasteiger partial charge >= 0.3 is 0 Å². The van der Waals surface area contributed by atoms with E-state index in [1.54, 1.807) is 54.3 Å². The van der Waals surface area contributed by atoms with Crippen molar-refractivity contribution < 1.29 is 13.9 Å². The minimum absolute atomic E-state index is 0.133. The van der Waals surface area contributed by atoms with Crippen molar-refractivity contribution >= 4 is 28.7 Å². The molecule has 0 amide bonds. The third-order valence-electron chi connectivity index (χ3n) is 4.13. The van der Waals surface area contributed by atoms with Gasteiger partial charge in [-0.1, -0.05) is 24.3 Å². The maximum absolute atomic E-state index is 13.8. The predicted octanol–water partition coefficient (Wildman–Crippen LogP) is 5.38. The van der Waals surface area contributed by atoms with Crippen molar-refractivity contribution in [3.8, 4) is 5.75 Å². The van der Waals surface area contributed by atoms with Gasteiger partial charge in [-0.15, -0.1) is 0 Å². The van der Waals surface area contributed by atoms with Crippen molar-refractivity contribution in [3.05, 3.63) is 89.5 Å². The Bertz CT molecular complexity index is 961. The number of aryl methyl sites for hydroxylation is 1. The third kappa shape index (κ3) is 4.60. The number of halogens is 2. The van der Waals surface area contributed by atoms with E-state index >= 15 is 0 Å². The van der Waals surface area contributed by atoms with Crippen molar-refractivity contribution in [3.63, 3.8) is 0 Å². The molecular formula is C21H18F2N2OS. The van der Waals surface area contributed by atoms with E-state index in [-0.39, 0.29) is 23.9 Å². The summed E-state index contributed by atoms with van der Waals surface area (Å²) in [5.74, 6) is -0.564. The average Bonchev–Trinajstić information content (AvgIpc) is 2.65. The average molecular weight is 384 g/mol. The summed E-state index contributed by atoms with van der Waals surface area (Å²) in [4.78, 5) is 1.71. The molecule has 2 N–H and O–H groups in total. The van der Waals surface area contributed by atoms with Crippen molar-refractivity contribution in [2.45, 2.75) is 13.5 Å². The molecule has 3 aromatic carbocycles. The van der Waals surface area contributed by atoms with Gasteiger partial charge < -0.3 is 15.3 Å². The molecule has 0 fully saturated rings. The van der Waals surface area contributed by atoms with Crippen LogP contribution >= 0.6 is 12.2 Å². The third-order valence-corrected chi connectivity index (χ3v) is 4.45. The number of aromatic hydroxyl groups is 1. The first kappa shape index (κ1) is 18.8.